The van der Waals surface area contributed by atoms with E-state index in [4.69, 9.17) is 5.26 Å². The molecule has 1 aliphatic carbocycles. The highest BCUT2D eigenvalue weighted by atomic mass is 15.0. The van der Waals surface area contributed by atoms with Crippen molar-refractivity contribution in [2.24, 2.45) is 5.92 Å². The zero-order chi connectivity index (χ0) is 12.7. The van der Waals surface area contributed by atoms with Crippen molar-refractivity contribution < 1.29 is 0 Å². The third-order valence-corrected chi connectivity index (χ3v) is 3.76. The van der Waals surface area contributed by atoms with Crippen LogP contribution >= 0.6 is 0 Å². The summed E-state index contributed by atoms with van der Waals surface area (Å²) >= 11 is 0. The fourth-order valence-corrected chi connectivity index (χ4v) is 2.82. The zero-order valence-electron chi connectivity index (χ0n) is 10.8. The Balaban J connectivity index is 1.92. The fourth-order valence-electron chi connectivity index (χ4n) is 2.82. The van der Waals surface area contributed by atoms with Crippen molar-refractivity contribution in [2.45, 2.75) is 12.3 Å². The van der Waals surface area contributed by atoms with E-state index in [-0.39, 0.29) is 0 Å². The minimum absolute atomic E-state index is 0.662. The molecule has 1 aromatic carbocycles. The Morgan fingerprint density at radius 3 is 3.00 bits per heavy atom. The SMILES string of the molecule is CN([11CH3])C[C@H]1CC1c1c[nH]c2ccc(C#N)cc12. The van der Waals surface area contributed by atoms with Gasteiger partial charge in [0.05, 0.1) is 11.6 Å². The second-order valence-corrected chi connectivity index (χ2v) is 5.48. The number of nitrogens with one attached hydrogen (secondary N) is 1. The maximum absolute atomic E-state index is 8.98. The van der Waals surface area contributed by atoms with Crippen LogP contribution in [0.4, 0.5) is 0 Å². The van der Waals surface area contributed by atoms with Crippen LogP contribution in [0.25, 0.3) is 10.9 Å². The van der Waals surface area contributed by atoms with Crippen LogP contribution in [0, 0.1) is 17.2 Å². The van der Waals surface area contributed by atoms with Crippen LogP contribution in [-0.4, -0.2) is 30.5 Å². The van der Waals surface area contributed by atoms with Gasteiger partial charge in [-0.1, -0.05) is 0 Å². The number of hydrogen-bond donors (Lipinski definition) is 1. The summed E-state index contributed by atoms with van der Waals surface area (Å²) in [5, 5.41) is 10.2. The molecule has 3 nitrogen and oxygen atoms in total. The Hall–Kier alpha value is -1.79. The lowest BCUT2D eigenvalue weighted by Crippen LogP contribution is -2.15. The fraction of sp³-hybridized carbons (Fsp3) is 0.400. The van der Waals surface area contributed by atoms with Crippen molar-refractivity contribution in [1.82, 2.24) is 9.88 Å². The second-order valence-electron chi connectivity index (χ2n) is 5.48. The van der Waals surface area contributed by atoms with Crippen molar-refractivity contribution in [3.05, 3.63) is 35.5 Å². The van der Waals surface area contributed by atoms with Crippen LogP contribution in [0.2, 0.25) is 0 Å². The Bertz CT molecular complexity index is 618. The van der Waals surface area contributed by atoms with Gasteiger partial charge >= 0.3 is 0 Å². The van der Waals surface area contributed by atoms with E-state index in [9.17, 15) is 0 Å². The highest BCUT2D eigenvalue weighted by Gasteiger charge is 2.39. The van der Waals surface area contributed by atoms with Gasteiger partial charge in [0.15, 0.2) is 0 Å². The Kier molecular flexibility index (Phi) is 2.61. The molecule has 1 saturated carbocycles. The molecule has 1 unspecified atom stereocenters. The van der Waals surface area contributed by atoms with Crippen LogP contribution in [0.3, 0.4) is 0 Å². The van der Waals surface area contributed by atoms with Crippen molar-refractivity contribution in [3.63, 3.8) is 0 Å². The second kappa shape index (κ2) is 4.15. The first-order valence-corrected chi connectivity index (χ1v) is 6.35. The standard InChI is InChI=1S/C15H17N3/c1-18(2)9-11-6-12(11)14-8-17-15-4-3-10(7-16)5-13(14)15/h3-5,8,11-12,17H,6,9H2,1-2H3/t11-,12?/m1/s1/i1-1. The minimum atomic E-state index is 0.662. The molecule has 2 atom stereocenters. The summed E-state index contributed by atoms with van der Waals surface area (Å²) in [6, 6.07) is 8.09. The summed E-state index contributed by atoms with van der Waals surface area (Å²) in [6.45, 7) is 1.15. The molecule has 1 fully saturated rings. The highest BCUT2D eigenvalue weighted by molar-refractivity contribution is 5.85. The molecule has 0 spiro atoms. The van der Waals surface area contributed by atoms with Gasteiger partial charge in [0.25, 0.3) is 0 Å². The Morgan fingerprint density at radius 2 is 2.28 bits per heavy atom. The molecule has 1 aliphatic rings. The number of fused-ring (bicyclic) bond motifs is 1. The monoisotopic (exact) mass is 238 g/mol. The maximum Gasteiger partial charge on any atom is 0.0991 e. The van der Waals surface area contributed by atoms with Gasteiger partial charge in [-0.05, 0) is 56.1 Å². The van der Waals surface area contributed by atoms with E-state index in [0.29, 0.717) is 5.92 Å². The third-order valence-electron chi connectivity index (χ3n) is 3.76. The topological polar surface area (TPSA) is 42.8 Å². The number of aromatic amines is 1. The predicted octanol–water partition coefficient (Wildman–Crippen LogP) is 2.70. The van der Waals surface area contributed by atoms with Crippen molar-refractivity contribution in [3.8, 4) is 6.07 Å². The normalized spacial score (nSPS) is 22.3. The molecule has 3 heteroatoms. The van der Waals surface area contributed by atoms with Gasteiger partial charge in [-0.25, -0.2) is 0 Å². The van der Waals surface area contributed by atoms with Crippen molar-refractivity contribution >= 4 is 10.9 Å². The minimum Gasteiger partial charge on any atom is -0.361 e. The van der Waals surface area contributed by atoms with Gasteiger partial charge in [-0.3, -0.25) is 0 Å². The summed E-state index contributed by atoms with van der Waals surface area (Å²) in [5.74, 6) is 1.43. The molecule has 1 heterocycles. The lowest BCUT2D eigenvalue weighted by Gasteiger charge is -2.08. The molecule has 0 aliphatic heterocycles. The predicted molar refractivity (Wildman–Crippen MR) is 72.4 cm³/mol. The molecule has 3 rings (SSSR count). The van der Waals surface area contributed by atoms with Crippen LogP contribution in [0.15, 0.2) is 24.4 Å². The van der Waals surface area contributed by atoms with Crippen LogP contribution in [-0.2, 0) is 0 Å². The Morgan fingerprint density at radius 1 is 1.44 bits per heavy atom. The number of nitrogens with zero attached hydrogens (tertiary/aromatic N) is 2. The van der Waals surface area contributed by atoms with Crippen molar-refractivity contribution in [1.29, 1.82) is 5.26 Å². The van der Waals surface area contributed by atoms with Crippen molar-refractivity contribution in [2.75, 3.05) is 20.6 Å². The maximum atomic E-state index is 8.98. The number of nitriles is 1. The van der Waals surface area contributed by atoms with E-state index in [2.05, 4.69) is 36.2 Å². The first-order chi connectivity index (χ1) is 8.69. The first kappa shape index (κ1) is 11.3. The largest absolute Gasteiger partial charge is 0.361 e. The van der Waals surface area contributed by atoms with Gasteiger partial charge in [-0.2, -0.15) is 5.26 Å². The van der Waals surface area contributed by atoms with Gasteiger partial charge < -0.3 is 9.88 Å². The summed E-state index contributed by atoms with van der Waals surface area (Å²) in [4.78, 5) is 5.56. The van der Waals surface area contributed by atoms with E-state index in [1.807, 2.05) is 18.2 Å². The van der Waals surface area contributed by atoms with Crippen LogP contribution in [0.1, 0.15) is 23.5 Å². The lowest BCUT2D eigenvalue weighted by atomic mass is 10.1. The molecule has 1 N–H and O–H groups in total. The average molecular weight is 238 g/mol. The molecule has 2 aromatic rings. The molecule has 0 amide bonds. The highest BCUT2D eigenvalue weighted by Crippen LogP contribution is 2.49. The van der Waals surface area contributed by atoms with Gasteiger partial charge in [0, 0.05) is 23.6 Å². The van der Waals surface area contributed by atoms with E-state index in [1.54, 1.807) is 0 Å². The molecule has 0 radical (unpaired) electrons. The molecule has 0 bridgehead atoms. The van der Waals surface area contributed by atoms with Gasteiger partial charge in [-0.15, -0.1) is 0 Å². The Labute approximate surface area is 107 Å². The van der Waals surface area contributed by atoms with E-state index >= 15 is 0 Å². The van der Waals surface area contributed by atoms with E-state index in [0.717, 1.165) is 23.5 Å². The van der Waals surface area contributed by atoms with Crippen LogP contribution < -0.4 is 0 Å². The number of H-pyrrole nitrogens is 1. The number of rotatable bonds is 3. The summed E-state index contributed by atoms with van der Waals surface area (Å²) in [7, 11) is 4.25. The molecule has 18 heavy (non-hydrogen) atoms. The van der Waals surface area contributed by atoms with E-state index < -0.39 is 0 Å². The first-order valence-electron chi connectivity index (χ1n) is 6.35. The van der Waals surface area contributed by atoms with Gasteiger partial charge in [0.2, 0.25) is 0 Å². The molecule has 92 valence electrons. The smallest absolute Gasteiger partial charge is 0.0991 e. The molecular formula is C15H17N3. The van der Waals surface area contributed by atoms with Crippen LogP contribution in [0.5, 0.6) is 0 Å². The number of aromatic nitrogens is 1. The number of hydrogen-bond acceptors (Lipinski definition) is 2. The molecule has 1 aromatic heterocycles. The third kappa shape index (κ3) is 1.89. The lowest BCUT2D eigenvalue weighted by molar-refractivity contribution is 0.385. The molecular weight excluding hydrogens is 221 g/mol. The van der Waals surface area contributed by atoms with Gasteiger partial charge in [0.1, 0.15) is 0 Å². The summed E-state index contributed by atoms with van der Waals surface area (Å²) < 4.78 is 0. The average Bonchev–Trinajstić information content (AvgIpc) is 2.97. The zero-order valence-corrected chi connectivity index (χ0v) is 10.8. The number of benzene rings is 1. The summed E-state index contributed by atoms with van der Waals surface area (Å²) in [5.41, 5.74) is 3.27. The quantitative estimate of drug-likeness (QED) is 0.893. The summed E-state index contributed by atoms with van der Waals surface area (Å²) in [6.07, 6.45) is 3.38. The van der Waals surface area contributed by atoms with E-state index in [1.165, 1.54) is 17.4 Å². The molecule has 0 saturated heterocycles.